The average molecular weight is 325 g/mol. The van der Waals surface area contributed by atoms with Gasteiger partial charge in [0, 0.05) is 13.0 Å². The van der Waals surface area contributed by atoms with Crippen LogP contribution in [0.2, 0.25) is 0 Å². The fourth-order valence-electron chi connectivity index (χ4n) is 2.48. The molecule has 0 spiro atoms. The van der Waals surface area contributed by atoms with Crippen LogP contribution >= 0.6 is 0 Å². The molecule has 2 aromatic rings. The number of carboxylic acids is 1. The molecule has 126 valence electrons. The Morgan fingerprint density at radius 3 is 2.29 bits per heavy atom. The number of hydrogen-bond donors (Lipinski definition) is 2. The van der Waals surface area contributed by atoms with Crippen LogP contribution in [0.15, 0.2) is 54.6 Å². The lowest BCUT2D eigenvalue weighted by Crippen LogP contribution is -2.34. The molecule has 1 amide bonds. The monoisotopic (exact) mass is 325 g/mol. The first-order valence-corrected chi connectivity index (χ1v) is 8.13. The largest absolute Gasteiger partial charge is 0.481 e. The molecule has 0 aromatic heterocycles. The van der Waals surface area contributed by atoms with Crippen LogP contribution in [0.1, 0.15) is 23.1 Å². The van der Waals surface area contributed by atoms with E-state index >= 15 is 0 Å². The number of aliphatic carboxylic acids is 1. The number of nitrogens with one attached hydrogen (secondary N) is 1. The first-order valence-electron chi connectivity index (χ1n) is 8.13. The standard InChI is InChI=1S/C20H23NO3/c1-15-7-9-16(10-8-15)11-12-19(22)21-14-18(20(23)24)13-17-5-3-2-4-6-17/h2-10,18H,11-14H2,1H3,(H,21,22)(H,23,24). The minimum Gasteiger partial charge on any atom is -0.481 e. The van der Waals surface area contributed by atoms with Gasteiger partial charge in [-0.15, -0.1) is 0 Å². The van der Waals surface area contributed by atoms with Gasteiger partial charge in [-0.2, -0.15) is 0 Å². The fourth-order valence-corrected chi connectivity index (χ4v) is 2.48. The number of rotatable bonds is 8. The molecule has 0 saturated carbocycles. The summed E-state index contributed by atoms with van der Waals surface area (Å²) in [6, 6.07) is 17.5. The van der Waals surface area contributed by atoms with E-state index in [0.717, 1.165) is 11.1 Å². The Hall–Kier alpha value is -2.62. The smallest absolute Gasteiger partial charge is 0.308 e. The minimum atomic E-state index is -0.891. The van der Waals surface area contributed by atoms with Gasteiger partial charge in [0.15, 0.2) is 0 Å². The van der Waals surface area contributed by atoms with Gasteiger partial charge in [0.2, 0.25) is 5.91 Å². The van der Waals surface area contributed by atoms with Crippen molar-refractivity contribution in [2.24, 2.45) is 5.92 Å². The lowest BCUT2D eigenvalue weighted by Gasteiger charge is -2.13. The van der Waals surface area contributed by atoms with Gasteiger partial charge >= 0.3 is 5.97 Å². The number of carbonyl (C=O) groups excluding carboxylic acids is 1. The van der Waals surface area contributed by atoms with E-state index in [9.17, 15) is 14.7 Å². The molecule has 2 aromatic carbocycles. The number of amides is 1. The number of carboxylic acid groups (broad SMARTS) is 1. The molecule has 1 atom stereocenters. The van der Waals surface area contributed by atoms with Gasteiger partial charge in [-0.05, 0) is 30.9 Å². The number of hydrogen-bond acceptors (Lipinski definition) is 2. The van der Waals surface area contributed by atoms with Crippen LogP contribution in [0, 0.1) is 12.8 Å². The van der Waals surface area contributed by atoms with E-state index < -0.39 is 11.9 Å². The Morgan fingerprint density at radius 2 is 1.67 bits per heavy atom. The van der Waals surface area contributed by atoms with Crippen LogP contribution in [-0.2, 0) is 22.4 Å². The second-order valence-electron chi connectivity index (χ2n) is 6.01. The zero-order valence-electron chi connectivity index (χ0n) is 13.9. The maximum atomic E-state index is 12.0. The van der Waals surface area contributed by atoms with Crippen LogP contribution in [0.4, 0.5) is 0 Å². The summed E-state index contributed by atoms with van der Waals surface area (Å²) in [5.41, 5.74) is 3.25. The number of carbonyl (C=O) groups is 2. The highest BCUT2D eigenvalue weighted by Crippen LogP contribution is 2.09. The zero-order chi connectivity index (χ0) is 17.4. The summed E-state index contributed by atoms with van der Waals surface area (Å²) in [5, 5.41) is 12.1. The molecule has 0 bridgehead atoms. The first kappa shape index (κ1) is 17.7. The third-order valence-electron chi connectivity index (χ3n) is 3.98. The maximum absolute atomic E-state index is 12.0. The summed E-state index contributed by atoms with van der Waals surface area (Å²) < 4.78 is 0. The molecule has 0 fully saturated rings. The highest BCUT2D eigenvalue weighted by molar-refractivity contribution is 5.77. The first-order chi connectivity index (χ1) is 11.5. The molecule has 2 N–H and O–H groups in total. The lowest BCUT2D eigenvalue weighted by molar-refractivity contribution is -0.141. The zero-order valence-corrected chi connectivity index (χ0v) is 13.9. The third kappa shape index (κ3) is 5.88. The van der Waals surface area contributed by atoms with E-state index in [4.69, 9.17) is 0 Å². The SMILES string of the molecule is Cc1ccc(CCC(=O)NCC(Cc2ccccc2)C(=O)O)cc1. The highest BCUT2D eigenvalue weighted by Gasteiger charge is 2.18. The van der Waals surface area contributed by atoms with Crippen molar-refractivity contribution < 1.29 is 14.7 Å². The van der Waals surface area contributed by atoms with Crippen LogP contribution in [0.5, 0.6) is 0 Å². The molecule has 0 radical (unpaired) electrons. The molecule has 0 saturated heterocycles. The van der Waals surface area contributed by atoms with E-state index in [1.807, 2.05) is 61.5 Å². The topological polar surface area (TPSA) is 66.4 Å². The van der Waals surface area contributed by atoms with Crippen LogP contribution in [0.25, 0.3) is 0 Å². The van der Waals surface area contributed by atoms with Gasteiger partial charge in [-0.3, -0.25) is 9.59 Å². The molecule has 0 aliphatic heterocycles. The van der Waals surface area contributed by atoms with E-state index in [2.05, 4.69) is 5.32 Å². The quantitative estimate of drug-likeness (QED) is 0.784. The average Bonchev–Trinajstić information content (AvgIpc) is 2.58. The molecular formula is C20H23NO3. The summed E-state index contributed by atoms with van der Waals surface area (Å²) in [6.07, 6.45) is 1.43. The lowest BCUT2D eigenvalue weighted by atomic mass is 9.99. The predicted molar refractivity (Wildman–Crippen MR) is 93.8 cm³/mol. The summed E-state index contributed by atoms with van der Waals surface area (Å²) in [4.78, 5) is 23.3. The van der Waals surface area contributed by atoms with Gasteiger partial charge in [-0.1, -0.05) is 60.2 Å². The molecule has 0 aliphatic carbocycles. The molecule has 0 aliphatic rings. The van der Waals surface area contributed by atoms with Gasteiger partial charge in [0.05, 0.1) is 5.92 Å². The van der Waals surface area contributed by atoms with E-state index in [0.29, 0.717) is 19.3 Å². The van der Waals surface area contributed by atoms with Crippen LogP contribution in [0.3, 0.4) is 0 Å². The number of aryl methyl sites for hydroxylation is 2. The Kier molecular flexibility index (Phi) is 6.55. The molecule has 4 nitrogen and oxygen atoms in total. The molecule has 4 heteroatoms. The van der Waals surface area contributed by atoms with E-state index in [-0.39, 0.29) is 12.5 Å². The molecule has 0 heterocycles. The van der Waals surface area contributed by atoms with Gasteiger partial charge in [0.1, 0.15) is 0 Å². The summed E-state index contributed by atoms with van der Waals surface area (Å²) >= 11 is 0. The summed E-state index contributed by atoms with van der Waals surface area (Å²) in [6.45, 7) is 2.17. The number of benzene rings is 2. The van der Waals surface area contributed by atoms with Crippen LogP contribution < -0.4 is 5.32 Å². The van der Waals surface area contributed by atoms with Crippen molar-refractivity contribution >= 4 is 11.9 Å². The second kappa shape index (κ2) is 8.87. The minimum absolute atomic E-state index is 0.116. The molecule has 2 rings (SSSR count). The highest BCUT2D eigenvalue weighted by atomic mass is 16.4. The second-order valence-corrected chi connectivity index (χ2v) is 6.01. The Labute approximate surface area is 142 Å². The predicted octanol–water partition coefficient (Wildman–Crippen LogP) is 2.99. The van der Waals surface area contributed by atoms with Gasteiger partial charge in [-0.25, -0.2) is 0 Å². The van der Waals surface area contributed by atoms with Crippen molar-refractivity contribution in [2.45, 2.75) is 26.2 Å². The maximum Gasteiger partial charge on any atom is 0.308 e. The van der Waals surface area contributed by atoms with Gasteiger partial charge in [0.25, 0.3) is 0 Å². The van der Waals surface area contributed by atoms with Crippen LogP contribution in [-0.4, -0.2) is 23.5 Å². The van der Waals surface area contributed by atoms with E-state index in [1.54, 1.807) is 0 Å². The third-order valence-corrected chi connectivity index (χ3v) is 3.98. The molecule has 24 heavy (non-hydrogen) atoms. The van der Waals surface area contributed by atoms with Crippen molar-refractivity contribution in [3.05, 3.63) is 71.3 Å². The normalized spacial score (nSPS) is 11.7. The van der Waals surface area contributed by atoms with Crippen molar-refractivity contribution in [1.82, 2.24) is 5.32 Å². The Bertz CT molecular complexity index is 665. The summed E-state index contributed by atoms with van der Waals surface area (Å²) in [5.74, 6) is -1.62. The fraction of sp³-hybridized carbons (Fsp3) is 0.300. The summed E-state index contributed by atoms with van der Waals surface area (Å²) in [7, 11) is 0. The Balaban J connectivity index is 1.79. The van der Waals surface area contributed by atoms with Crippen molar-refractivity contribution in [2.75, 3.05) is 6.54 Å². The Morgan fingerprint density at radius 1 is 1.00 bits per heavy atom. The van der Waals surface area contributed by atoms with E-state index in [1.165, 1.54) is 5.56 Å². The van der Waals surface area contributed by atoms with Crippen molar-refractivity contribution in [1.29, 1.82) is 0 Å². The van der Waals surface area contributed by atoms with Gasteiger partial charge < -0.3 is 10.4 Å². The van der Waals surface area contributed by atoms with Crippen molar-refractivity contribution in [3.63, 3.8) is 0 Å². The molecule has 1 unspecified atom stereocenters. The molecular weight excluding hydrogens is 302 g/mol. The van der Waals surface area contributed by atoms with Crippen molar-refractivity contribution in [3.8, 4) is 0 Å².